The molecule has 1 N–H and O–H groups in total. The van der Waals surface area contributed by atoms with E-state index in [0.29, 0.717) is 0 Å². The van der Waals surface area contributed by atoms with Gasteiger partial charge in [-0.2, -0.15) is 0 Å². The minimum absolute atomic E-state index is 0.732. The van der Waals surface area contributed by atoms with E-state index in [4.69, 9.17) is 0 Å². The zero-order valence-electron chi connectivity index (χ0n) is 14.6. The largest absolute Gasteiger partial charge is 0.356 e. The lowest BCUT2D eigenvalue weighted by molar-refractivity contribution is 0.324. The third kappa shape index (κ3) is 5.50. The molecule has 1 atom stereocenters. The molecule has 4 nitrogen and oxygen atoms in total. The Bertz CT molecular complexity index is 517. The fourth-order valence-corrected chi connectivity index (χ4v) is 3.59. The second kappa shape index (κ2) is 9.28. The van der Waals surface area contributed by atoms with E-state index >= 15 is 0 Å². The van der Waals surface area contributed by atoms with Crippen LogP contribution in [0.1, 0.15) is 25.3 Å². The summed E-state index contributed by atoms with van der Waals surface area (Å²) in [6.07, 6.45) is 2.54. The molecular weight excluding hydrogens is 352 g/mol. The molecular formula is C18H29BrN4. The van der Waals surface area contributed by atoms with Crippen LogP contribution in [-0.2, 0) is 6.54 Å². The lowest BCUT2D eigenvalue weighted by Crippen LogP contribution is -2.41. The van der Waals surface area contributed by atoms with Gasteiger partial charge in [0.25, 0.3) is 0 Å². The number of rotatable bonds is 6. The molecule has 1 heterocycles. The van der Waals surface area contributed by atoms with Crippen molar-refractivity contribution in [3.05, 3.63) is 34.3 Å². The number of aliphatic imine (C=N–C) groups is 1. The Morgan fingerprint density at radius 3 is 2.91 bits per heavy atom. The molecule has 1 aromatic rings. The molecule has 5 heteroatoms. The molecule has 0 spiro atoms. The zero-order valence-corrected chi connectivity index (χ0v) is 16.1. The van der Waals surface area contributed by atoms with E-state index in [2.05, 4.69) is 68.2 Å². The Morgan fingerprint density at radius 2 is 2.22 bits per heavy atom. The second-order valence-corrected chi connectivity index (χ2v) is 7.19. The van der Waals surface area contributed by atoms with Crippen LogP contribution in [0.25, 0.3) is 0 Å². The molecule has 2 rings (SSSR count). The molecule has 1 aromatic carbocycles. The van der Waals surface area contributed by atoms with Crippen LogP contribution in [0.15, 0.2) is 33.7 Å². The van der Waals surface area contributed by atoms with Gasteiger partial charge in [-0.3, -0.25) is 4.99 Å². The van der Waals surface area contributed by atoms with Crippen molar-refractivity contribution in [3.63, 3.8) is 0 Å². The number of hydrogen-bond acceptors (Lipinski definition) is 2. The molecule has 0 aromatic heterocycles. The summed E-state index contributed by atoms with van der Waals surface area (Å²) in [5.74, 6) is 1.70. The van der Waals surface area contributed by atoms with Crippen LogP contribution >= 0.6 is 15.9 Å². The van der Waals surface area contributed by atoms with Crippen LogP contribution in [0.3, 0.4) is 0 Å². The maximum absolute atomic E-state index is 4.43. The zero-order chi connectivity index (χ0) is 16.7. The Balaban J connectivity index is 1.82. The molecule has 23 heavy (non-hydrogen) atoms. The van der Waals surface area contributed by atoms with Gasteiger partial charge in [0.2, 0.25) is 0 Å². The van der Waals surface area contributed by atoms with E-state index < -0.39 is 0 Å². The summed E-state index contributed by atoms with van der Waals surface area (Å²) in [5.41, 5.74) is 1.27. The fourth-order valence-electron chi connectivity index (χ4n) is 3.18. The van der Waals surface area contributed by atoms with Gasteiger partial charge in [0.05, 0.1) is 0 Å². The lowest BCUT2D eigenvalue weighted by atomic mass is 10.1. The number of likely N-dealkylation sites (tertiary alicyclic amines) is 1. The Morgan fingerprint density at radius 1 is 1.43 bits per heavy atom. The smallest absolute Gasteiger partial charge is 0.193 e. The van der Waals surface area contributed by atoms with Crippen LogP contribution in [0, 0.1) is 5.92 Å². The predicted molar refractivity (Wildman–Crippen MR) is 102 cm³/mol. The second-order valence-electron chi connectivity index (χ2n) is 6.33. The summed E-state index contributed by atoms with van der Waals surface area (Å²) in [6, 6.07) is 8.35. The van der Waals surface area contributed by atoms with E-state index in [1.807, 2.05) is 13.1 Å². The van der Waals surface area contributed by atoms with Gasteiger partial charge in [-0.05, 0) is 43.5 Å². The van der Waals surface area contributed by atoms with E-state index in [-0.39, 0.29) is 0 Å². The van der Waals surface area contributed by atoms with Crippen LogP contribution < -0.4 is 5.32 Å². The summed E-state index contributed by atoms with van der Waals surface area (Å²) in [5, 5.41) is 3.55. The van der Waals surface area contributed by atoms with Crippen molar-refractivity contribution in [2.24, 2.45) is 10.9 Å². The van der Waals surface area contributed by atoms with Crippen LogP contribution in [-0.4, -0.2) is 56.0 Å². The summed E-state index contributed by atoms with van der Waals surface area (Å²) in [6.45, 7) is 7.79. The van der Waals surface area contributed by atoms with Crippen molar-refractivity contribution in [3.8, 4) is 0 Å². The minimum Gasteiger partial charge on any atom is -0.356 e. The molecule has 1 unspecified atom stereocenters. The Kier molecular flexibility index (Phi) is 7.37. The van der Waals surface area contributed by atoms with Crippen LogP contribution in [0.2, 0.25) is 0 Å². The standard InChI is InChI=1S/C18H29BrN4/c1-4-10-23-11-9-15(13-23)12-21-18(20-2)22(3)14-16-7-5-6-8-17(16)19/h5-8,15H,4,9-14H2,1-3H3,(H,20,21). The summed E-state index contributed by atoms with van der Waals surface area (Å²) >= 11 is 3.62. The van der Waals surface area contributed by atoms with Gasteiger partial charge < -0.3 is 15.1 Å². The van der Waals surface area contributed by atoms with E-state index in [1.165, 1.54) is 38.0 Å². The van der Waals surface area contributed by atoms with Crippen molar-refractivity contribution >= 4 is 21.9 Å². The number of nitrogens with one attached hydrogen (secondary N) is 1. The summed E-state index contributed by atoms with van der Waals surface area (Å²) < 4.78 is 1.15. The van der Waals surface area contributed by atoms with E-state index in [0.717, 1.165) is 29.4 Å². The quantitative estimate of drug-likeness (QED) is 0.607. The summed E-state index contributed by atoms with van der Waals surface area (Å²) in [4.78, 5) is 9.18. The average Bonchev–Trinajstić information content (AvgIpc) is 2.98. The highest BCUT2D eigenvalue weighted by atomic mass is 79.9. The Labute approximate surface area is 149 Å². The van der Waals surface area contributed by atoms with Gasteiger partial charge in [0, 0.05) is 38.2 Å². The molecule has 0 aliphatic carbocycles. The van der Waals surface area contributed by atoms with Crippen molar-refractivity contribution < 1.29 is 0 Å². The predicted octanol–water partition coefficient (Wildman–Crippen LogP) is 3.19. The molecule has 1 aliphatic heterocycles. The molecule has 0 radical (unpaired) electrons. The van der Waals surface area contributed by atoms with Gasteiger partial charge in [-0.15, -0.1) is 0 Å². The third-order valence-corrected chi connectivity index (χ3v) is 5.17. The minimum atomic E-state index is 0.732. The van der Waals surface area contributed by atoms with Gasteiger partial charge in [-0.1, -0.05) is 41.1 Å². The van der Waals surface area contributed by atoms with Crippen molar-refractivity contribution in [2.45, 2.75) is 26.3 Å². The highest BCUT2D eigenvalue weighted by Gasteiger charge is 2.22. The highest BCUT2D eigenvalue weighted by molar-refractivity contribution is 9.10. The van der Waals surface area contributed by atoms with Crippen molar-refractivity contribution in [2.75, 3.05) is 40.3 Å². The topological polar surface area (TPSA) is 30.9 Å². The number of guanidine groups is 1. The first kappa shape index (κ1) is 18.3. The molecule has 128 valence electrons. The molecule has 1 fully saturated rings. The molecule has 0 saturated carbocycles. The molecule has 0 amide bonds. The Hall–Kier alpha value is -1.07. The van der Waals surface area contributed by atoms with Crippen molar-refractivity contribution in [1.29, 1.82) is 0 Å². The first-order valence-electron chi connectivity index (χ1n) is 8.51. The van der Waals surface area contributed by atoms with Gasteiger partial charge in [0.15, 0.2) is 5.96 Å². The van der Waals surface area contributed by atoms with E-state index in [9.17, 15) is 0 Å². The third-order valence-electron chi connectivity index (χ3n) is 4.40. The number of benzene rings is 1. The SMILES string of the molecule is CCCN1CCC(CNC(=NC)N(C)Cc2ccccc2Br)C1. The molecule has 1 aliphatic rings. The van der Waals surface area contributed by atoms with Crippen molar-refractivity contribution in [1.82, 2.24) is 15.1 Å². The van der Waals surface area contributed by atoms with Gasteiger partial charge >= 0.3 is 0 Å². The lowest BCUT2D eigenvalue weighted by Gasteiger charge is -2.24. The first-order chi connectivity index (χ1) is 11.1. The fraction of sp³-hybridized carbons (Fsp3) is 0.611. The van der Waals surface area contributed by atoms with Gasteiger partial charge in [-0.25, -0.2) is 0 Å². The van der Waals surface area contributed by atoms with Crippen LogP contribution in [0.5, 0.6) is 0 Å². The maximum atomic E-state index is 4.43. The first-order valence-corrected chi connectivity index (χ1v) is 9.30. The van der Waals surface area contributed by atoms with E-state index in [1.54, 1.807) is 0 Å². The highest BCUT2D eigenvalue weighted by Crippen LogP contribution is 2.18. The maximum Gasteiger partial charge on any atom is 0.193 e. The van der Waals surface area contributed by atoms with Crippen LogP contribution in [0.4, 0.5) is 0 Å². The summed E-state index contributed by atoms with van der Waals surface area (Å²) in [7, 11) is 3.95. The average molecular weight is 381 g/mol. The molecule has 1 saturated heterocycles. The molecule has 0 bridgehead atoms. The monoisotopic (exact) mass is 380 g/mol. The number of halogens is 1. The van der Waals surface area contributed by atoms with Gasteiger partial charge in [0.1, 0.15) is 0 Å². The number of nitrogens with zero attached hydrogens (tertiary/aromatic N) is 3. The normalized spacial score (nSPS) is 19.1. The number of hydrogen-bond donors (Lipinski definition) is 1.